The third-order valence-corrected chi connectivity index (χ3v) is 6.67. The fraction of sp³-hybridized carbons (Fsp3) is 0.481. The van der Waals surface area contributed by atoms with Gasteiger partial charge in [-0.25, -0.2) is 9.67 Å². The van der Waals surface area contributed by atoms with Crippen molar-refractivity contribution in [3.8, 4) is 22.8 Å². The Morgan fingerprint density at radius 3 is 2.75 bits per heavy atom. The minimum absolute atomic E-state index is 0.0327. The van der Waals surface area contributed by atoms with Crippen molar-refractivity contribution >= 4 is 22.8 Å². The number of nitrogens with zero attached hydrogens (tertiary/aromatic N) is 4. The smallest absolute Gasteiger partial charge is 0.254 e. The number of rotatable bonds is 6. The molecule has 2 aliphatic heterocycles. The molecule has 0 bridgehead atoms. The van der Waals surface area contributed by atoms with Crippen LogP contribution in [-0.2, 0) is 4.79 Å². The molecule has 2 aromatic heterocycles. The molecule has 9 nitrogen and oxygen atoms in total. The van der Waals surface area contributed by atoms with Gasteiger partial charge in [-0.3, -0.25) is 9.59 Å². The largest absolute Gasteiger partial charge is 0.486 e. The zero-order chi connectivity index (χ0) is 25.2. The van der Waals surface area contributed by atoms with E-state index in [-0.39, 0.29) is 23.9 Å². The fourth-order valence-corrected chi connectivity index (χ4v) is 4.90. The van der Waals surface area contributed by atoms with Gasteiger partial charge in [-0.15, -0.1) is 0 Å². The molecule has 3 aromatic rings. The van der Waals surface area contributed by atoms with Gasteiger partial charge < -0.3 is 19.7 Å². The van der Waals surface area contributed by atoms with E-state index < -0.39 is 0 Å². The molecule has 1 aromatic carbocycles. The number of pyridine rings is 1. The van der Waals surface area contributed by atoms with Gasteiger partial charge in [0, 0.05) is 37.2 Å². The van der Waals surface area contributed by atoms with Gasteiger partial charge in [0.2, 0.25) is 5.91 Å². The molecule has 190 valence electrons. The molecular formula is C27H33N5O4. The first-order valence-electron chi connectivity index (χ1n) is 12.8. The summed E-state index contributed by atoms with van der Waals surface area (Å²) in [7, 11) is 0. The second kappa shape index (κ2) is 10.2. The number of nitrogens with one attached hydrogen (secondary N) is 1. The van der Waals surface area contributed by atoms with E-state index in [0.717, 1.165) is 30.2 Å². The SMILES string of the molecule is CCCC(=O)NC1CCCN(C(=O)c2cc(-c3ccc4c(c3)OCCO4)nc3c2cnn3C(C)C)C1. The van der Waals surface area contributed by atoms with Crippen LogP contribution in [0.2, 0.25) is 0 Å². The lowest BCUT2D eigenvalue weighted by Crippen LogP contribution is -2.49. The van der Waals surface area contributed by atoms with Crippen molar-refractivity contribution in [2.75, 3.05) is 26.3 Å². The number of hydrogen-bond acceptors (Lipinski definition) is 6. The molecular weight excluding hydrogens is 458 g/mol. The second-order valence-corrected chi connectivity index (χ2v) is 9.74. The molecule has 1 atom stereocenters. The van der Waals surface area contributed by atoms with Gasteiger partial charge in [0.1, 0.15) is 13.2 Å². The van der Waals surface area contributed by atoms with Gasteiger partial charge in [0.05, 0.1) is 22.8 Å². The molecule has 4 heterocycles. The van der Waals surface area contributed by atoms with Crippen LogP contribution in [0.4, 0.5) is 0 Å². The van der Waals surface area contributed by atoms with Gasteiger partial charge in [0.25, 0.3) is 5.91 Å². The van der Waals surface area contributed by atoms with Crippen LogP contribution in [0.5, 0.6) is 11.5 Å². The number of hydrogen-bond donors (Lipinski definition) is 1. The van der Waals surface area contributed by atoms with Crippen LogP contribution in [0.3, 0.4) is 0 Å². The molecule has 0 aliphatic carbocycles. The minimum Gasteiger partial charge on any atom is -0.486 e. The van der Waals surface area contributed by atoms with E-state index in [1.165, 1.54) is 0 Å². The third kappa shape index (κ3) is 4.74. The summed E-state index contributed by atoms with van der Waals surface area (Å²) in [4.78, 5) is 32.8. The van der Waals surface area contributed by atoms with E-state index in [1.807, 2.05) is 54.6 Å². The Bertz CT molecular complexity index is 1280. The van der Waals surface area contributed by atoms with Crippen molar-refractivity contribution < 1.29 is 19.1 Å². The monoisotopic (exact) mass is 491 g/mol. The maximum Gasteiger partial charge on any atom is 0.254 e. The number of piperidine rings is 1. The van der Waals surface area contributed by atoms with Crippen LogP contribution in [0.15, 0.2) is 30.5 Å². The first kappa shape index (κ1) is 24.1. The average molecular weight is 492 g/mol. The molecule has 1 unspecified atom stereocenters. The first-order valence-corrected chi connectivity index (χ1v) is 12.8. The Morgan fingerprint density at radius 2 is 1.97 bits per heavy atom. The summed E-state index contributed by atoms with van der Waals surface area (Å²) < 4.78 is 13.3. The highest BCUT2D eigenvalue weighted by Gasteiger charge is 2.28. The molecule has 9 heteroatoms. The lowest BCUT2D eigenvalue weighted by molar-refractivity contribution is -0.122. The highest BCUT2D eigenvalue weighted by molar-refractivity contribution is 6.06. The van der Waals surface area contributed by atoms with Gasteiger partial charge >= 0.3 is 0 Å². The molecule has 5 rings (SSSR count). The lowest BCUT2D eigenvalue weighted by atomic mass is 10.0. The fourth-order valence-electron chi connectivity index (χ4n) is 4.90. The summed E-state index contributed by atoms with van der Waals surface area (Å²) >= 11 is 0. The summed E-state index contributed by atoms with van der Waals surface area (Å²) in [5.74, 6) is 1.35. The topological polar surface area (TPSA) is 98.6 Å². The number of benzene rings is 1. The van der Waals surface area contributed by atoms with Crippen LogP contribution in [0.1, 0.15) is 62.9 Å². The van der Waals surface area contributed by atoms with Gasteiger partial charge in [-0.05, 0) is 57.4 Å². The number of carbonyl (C=O) groups excluding carboxylic acids is 2. The zero-order valence-electron chi connectivity index (χ0n) is 21.1. The molecule has 1 N–H and O–H groups in total. The molecule has 1 saturated heterocycles. The number of aromatic nitrogens is 3. The molecule has 0 spiro atoms. The quantitative estimate of drug-likeness (QED) is 0.560. The Labute approximate surface area is 210 Å². The summed E-state index contributed by atoms with van der Waals surface area (Å²) in [6.07, 6.45) is 4.75. The van der Waals surface area contributed by atoms with Crippen molar-refractivity contribution in [1.29, 1.82) is 0 Å². The second-order valence-electron chi connectivity index (χ2n) is 9.74. The van der Waals surface area contributed by atoms with Crippen LogP contribution in [-0.4, -0.2) is 63.8 Å². The maximum absolute atomic E-state index is 13.9. The Kier molecular flexibility index (Phi) is 6.80. The van der Waals surface area contributed by atoms with Crippen LogP contribution in [0, 0.1) is 0 Å². The molecule has 0 radical (unpaired) electrons. The molecule has 36 heavy (non-hydrogen) atoms. The predicted octanol–water partition coefficient (Wildman–Crippen LogP) is 3.97. The van der Waals surface area contributed by atoms with Gasteiger partial charge in [-0.1, -0.05) is 6.92 Å². The number of likely N-dealkylation sites (tertiary alicyclic amines) is 1. The van der Waals surface area contributed by atoms with Crippen LogP contribution >= 0.6 is 0 Å². The highest BCUT2D eigenvalue weighted by atomic mass is 16.6. The van der Waals surface area contributed by atoms with Crippen LogP contribution in [0.25, 0.3) is 22.3 Å². The van der Waals surface area contributed by atoms with Crippen molar-refractivity contribution in [2.24, 2.45) is 0 Å². The van der Waals surface area contributed by atoms with Crippen molar-refractivity contribution in [1.82, 2.24) is 25.0 Å². The highest BCUT2D eigenvalue weighted by Crippen LogP contribution is 2.35. The summed E-state index contributed by atoms with van der Waals surface area (Å²) in [6.45, 7) is 8.25. The molecule has 0 saturated carbocycles. The summed E-state index contributed by atoms with van der Waals surface area (Å²) in [5.41, 5.74) is 2.76. The standard InChI is InChI=1S/C27H33N5O4/c1-4-6-25(33)29-19-7-5-10-31(16-19)27(34)20-14-22(30-26-21(20)15-28-32(26)17(2)3)18-8-9-23-24(13-18)36-12-11-35-23/h8-9,13-15,17,19H,4-7,10-12,16H2,1-3H3,(H,29,33). The number of carbonyl (C=O) groups is 2. The molecule has 2 aliphatic rings. The normalized spacial score (nSPS) is 17.4. The number of ether oxygens (including phenoxy) is 2. The molecule has 1 fully saturated rings. The summed E-state index contributed by atoms with van der Waals surface area (Å²) in [5, 5.41) is 8.36. The van der Waals surface area contributed by atoms with Gasteiger partial charge in [-0.2, -0.15) is 5.10 Å². The lowest BCUT2D eigenvalue weighted by Gasteiger charge is -2.33. The maximum atomic E-state index is 13.9. The van der Waals surface area contributed by atoms with Crippen molar-refractivity contribution in [3.63, 3.8) is 0 Å². The van der Waals surface area contributed by atoms with E-state index in [1.54, 1.807) is 6.20 Å². The average Bonchev–Trinajstić information content (AvgIpc) is 3.32. The predicted molar refractivity (Wildman–Crippen MR) is 136 cm³/mol. The Hall–Kier alpha value is -3.62. The molecule has 2 amide bonds. The summed E-state index contributed by atoms with van der Waals surface area (Å²) in [6, 6.07) is 7.63. The van der Waals surface area contributed by atoms with E-state index in [0.29, 0.717) is 61.1 Å². The van der Waals surface area contributed by atoms with Crippen molar-refractivity contribution in [2.45, 2.75) is 58.5 Å². The van der Waals surface area contributed by atoms with E-state index in [4.69, 9.17) is 14.5 Å². The van der Waals surface area contributed by atoms with E-state index in [2.05, 4.69) is 10.4 Å². The minimum atomic E-state index is -0.0704. The third-order valence-electron chi connectivity index (χ3n) is 6.67. The van der Waals surface area contributed by atoms with Crippen LogP contribution < -0.4 is 14.8 Å². The number of amides is 2. The van der Waals surface area contributed by atoms with Gasteiger partial charge in [0.15, 0.2) is 17.1 Å². The Morgan fingerprint density at radius 1 is 1.17 bits per heavy atom. The first-order chi connectivity index (χ1) is 17.4. The van der Waals surface area contributed by atoms with E-state index in [9.17, 15) is 9.59 Å². The Balaban J connectivity index is 1.51. The van der Waals surface area contributed by atoms with E-state index >= 15 is 0 Å². The van der Waals surface area contributed by atoms with Crippen molar-refractivity contribution in [3.05, 3.63) is 36.0 Å². The zero-order valence-corrected chi connectivity index (χ0v) is 21.1. The number of fused-ring (bicyclic) bond motifs is 2.